The van der Waals surface area contributed by atoms with Gasteiger partial charge in [-0.05, 0) is 65.0 Å². The average Bonchev–Trinajstić information content (AvgIpc) is 2.45. The van der Waals surface area contributed by atoms with Crippen molar-refractivity contribution < 1.29 is 4.79 Å². The fraction of sp³-hybridized carbons (Fsp3) is 0.188. The van der Waals surface area contributed by atoms with E-state index < -0.39 is 0 Å². The van der Waals surface area contributed by atoms with Gasteiger partial charge in [0.1, 0.15) is 0 Å². The van der Waals surface area contributed by atoms with Crippen LogP contribution >= 0.6 is 22.6 Å². The highest BCUT2D eigenvalue weighted by Gasteiger charge is 2.06. The lowest BCUT2D eigenvalue weighted by Gasteiger charge is -2.08. The Balaban J connectivity index is 2.07. The van der Waals surface area contributed by atoms with Crippen molar-refractivity contribution in [2.24, 2.45) is 0 Å². The number of benzene rings is 2. The van der Waals surface area contributed by atoms with Crippen molar-refractivity contribution in [1.82, 2.24) is 5.32 Å². The van der Waals surface area contributed by atoms with Crippen molar-refractivity contribution in [2.45, 2.75) is 13.5 Å². The molecule has 0 atom stereocenters. The molecule has 0 bridgehead atoms. The molecule has 2 rings (SSSR count). The topological polar surface area (TPSA) is 41.1 Å². The van der Waals surface area contributed by atoms with E-state index in [0.717, 1.165) is 27.9 Å². The molecular formula is C16H17IN2O. The summed E-state index contributed by atoms with van der Waals surface area (Å²) in [6, 6.07) is 15.4. The van der Waals surface area contributed by atoms with Gasteiger partial charge in [0.05, 0.1) is 0 Å². The van der Waals surface area contributed by atoms with Gasteiger partial charge < -0.3 is 10.6 Å². The van der Waals surface area contributed by atoms with Crippen LogP contribution in [0.3, 0.4) is 0 Å². The SMILES string of the molecule is CCNCc1cccc(NC(=O)c2cccc(I)c2)c1. The second-order valence-electron chi connectivity index (χ2n) is 4.45. The van der Waals surface area contributed by atoms with E-state index >= 15 is 0 Å². The molecule has 0 heterocycles. The van der Waals surface area contributed by atoms with Gasteiger partial charge in [0, 0.05) is 21.4 Å². The summed E-state index contributed by atoms with van der Waals surface area (Å²) in [7, 11) is 0. The van der Waals surface area contributed by atoms with E-state index in [1.807, 2.05) is 48.5 Å². The Kier molecular flexibility index (Phi) is 5.55. The second kappa shape index (κ2) is 7.40. The van der Waals surface area contributed by atoms with Gasteiger partial charge in [0.25, 0.3) is 5.91 Å². The van der Waals surface area contributed by atoms with Crippen molar-refractivity contribution in [3.63, 3.8) is 0 Å². The summed E-state index contributed by atoms with van der Waals surface area (Å²) in [5.74, 6) is -0.0795. The highest BCUT2D eigenvalue weighted by atomic mass is 127. The Labute approximate surface area is 132 Å². The number of hydrogen-bond acceptors (Lipinski definition) is 2. The first-order valence-corrected chi connectivity index (χ1v) is 7.63. The molecule has 0 spiro atoms. The lowest BCUT2D eigenvalue weighted by atomic mass is 10.1. The van der Waals surface area contributed by atoms with E-state index in [1.54, 1.807) is 0 Å². The Morgan fingerprint density at radius 3 is 2.70 bits per heavy atom. The van der Waals surface area contributed by atoms with Gasteiger partial charge >= 0.3 is 0 Å². The van der Waals surface area contributed by atoms with Gasteiger partial charge in [-0.25, -0.2) is 0 Å². The van der Waals surface area contributed by atoms with E-state index in [1.165, 1.54) is 0 Å². The predicted octanol–water partition coefficient (Wildman–Crippen LogP) is 3.65. The highest BCUT2D eigenvalue weighted by Crippen LogP contribution is 2.14. The molecule has 2 aromatic rings. The van der Waals surface area contributed by atoms with Gasteiger partial charge in [-0.15, -0.1) is 0 Å². The van der Waals surface area contributed by atoms with Crippen molar-refractivity contribution in [2.75, 3.05) is 11.9 Å². The average molecular weight is 380 g/mol. The quantitative estimate of drug-likeness (QED) is 0.778. The molecule has 0 aliphatic heterocycles. The minimum Gasteiger partial charge on any atom is -0.322 e. The molecule has 2 N–H and O–H groups in total. The minimum absolute atomic E-state index is 0.0795. The van der Waals surface area contributed by atoms with Crippen LogP contribution < -0.4 is 10.6 Å². The molecule has 0 unspecified atom stereocenters. The normalized spacial score (nSPS) is 10.3. The van der Waals surface area contributed by atoms with Gasteiger partial charge in [0.15, 0.2) is 0 Å². The van der Waals surface area contributed by atoms with Crippen LogP contribution in [0.1, 0.15) is 22.8 Å². The fourth-order valence-electron chi connectivity index (χ4n) is 1.86. The molecule has 0 aliphatic rings. The minimum atomic E-state index is -0.0795. The van der Waals surface area contributed by atoms with Crippen molar-refractivity contribution in [3.05, 3.63) is 63.2 Å². The number of nitrogens with one attached hydrogen (secondary N) is 2. The van der Waals surface area contributed by atoms with Crippen molar-refractivity contribution >= 4 is 34.2 Å². The molecule has 104 valence electrons. The number of anilines is 1. The third-order valence-electron chi connectivity index (χ3n) is 2.85. The monoisotopic (exact) mass is 380 g/mol. The number of rotatable bonds is 5. The Bertz CT molecular complexity index is 599. The van der Waals surface area contributed by atoms with Gasteiger partial charge in [-0.3, -0.25) is 4.79 Å². The molecule has 0 saturated heterocycles. The maximum atomic E-state index is 12.2. The highest BCUT2D eigenvalue weighted by molar-refractivity contribution is 14.1. The lowest BCUT2D eigenvalue weighted by molar-refractivity contribution is 0.102. The van der Waals surface area contributed by atoms with Crippen LogP contribution in [0, 0.1) is 3.57 Å². The summed E-state index contributed by atoms with van der Waals surface area (Å²) in [4.78, 5) is 12.2. The maximum absolute atomic E-state index is 12.2. The molecule has 3 nitrogen and oxygen atoms in total. The summed E-state index contributed by atoms with van der Waals surface area (Å²) in [5.41, 5.74) is 2.66. The Morgan fingerprint density at radius 1 is 1.15 bits per heavy atom. The van der Waals surface area contributed by atoms with Crippen LogP contribution in [0.4, 0.5) is 5.69 Å². The van der Waals surface area contributed by atoms with Crippen LogP contribution in [-0.2, 0) is 6.54 Å². The molecule has 4 heteroatoms. The van der Waals surface area contributed by atoms with E-state index in [-0.39, 0.29) is 5.91 Å². The zero-order chi connectivity index (χ0) is 14.4. The molecule has 2 aromatic carbocycles. The zero-order valence-electron chi connectivity index (χ0n) is 11.3. The first-order valence-electron chi connectivity index (χ1n) is 6.55. The summed E-state index contributed by atoms with van der Waals surface area (Å²) >= 11 is 2.20. The number of carbonyl (C=O) groups is 1. The molecule has 0 saturated carbocycles. The van der Waals surface area contributed by atoms with Gasteiger partial charge in [-0.1, -0.05) is 25.1 Å². The number of carbonyl (C=O) groups excluding carboxylic acids is 1. The van der Waals surface area contributed by atoms with E-state index in [9.17, 15) is 4.79 Å². The molecule has 0 radical (unpaired) electrons. The lowest BCUT2D eigenvalue weighted by Crippen LogP contribution is -2.14. The summed E-state index contributed by atoms with van der Waals surface area (Å²) in [6.07, 6.45) is 0. The van der Waals surface area contributed by atoms with Crippen molar-refractivity contribution in [1.29, 1.82) is 0 Å². The molecule has 0 fully saturated rings. The summed E-state index contributed by atoms with van der Waals surface area (Å²) in [6.45, 7) is 3.81. The summed E-state index contributed by atoms with van der Waals surface area (Å²) < 4.78 is 1.05. The van der Waals surface area contributed by atoms with Crippen LogP contribution in [-0.4, -0.2) is 12.5 Å². The Hall–Kier alpha value is -1.40. The number of amides is 1. The Morgan fingerprint density at radius 2 is 1.95 bits per heavy atom. The number of halogens is 1. The van der Waals surface area contributed by atoms with E-state index in [4.69, 9.17) is 0 Å². The summed E-state index contributed by atoms with van der Waals surface area (Å²) in [5, 5.41) is 6.20. The zero-order valence-corrected chi connectivity index (χ0v) is 13.5. The first kappa shape index (κ1) is 15.0. The van der Waals surface area contributed by atoms with E-state index in [0.29, 0.717) is 5.56 Å². The van der Waals surface area contributed by atoms with E-state index in [2.05, 4.69) is 40.1 Å². The maximum Gasteiger partial charge on any atom is 0.255 e. The van der Waals surface area contributed by atoms with Crippen LogP contribution in [0.25, 0.3) is 0 Å². The largest absolute Gasteiger partial charge is 0.322 e. The van der Waals surface area contributed by atoms with Gasteiger partial charge in [-0.2, -0.15) is 0 Å². The van der Waals surface area contributed by atoms with Crippen LogP contribution in [0.15, 0.2) is 48.5 Å². The fourth-order valence-corrected chi connectivity index (χ4v) is 2.40. The third-order valence-corrected chi connectivity index (χ3v) is 3.52. The standard InChI is InChI=1S/C16H17IN2O/c1-2-18-11-12-5-3-8-15(9-12)19-16(20)13-6-4-7-14(17)10-13/h3-10,18H,2,11H2,1H3,(H,19,20). The molecule has 0 aliphatic carbocycles. The van der Waals surface area contributed by atoms with Crippen LogP contribution in [0.2, 0.25) is 0 Å². The smallest absolute Gasteiger partial charge is 0.255 e. The number of hydrogen-bond donors (Lipinski definition) is 2. The van der Waals surface area contributed by atoms with Gasteiger partial charge in [0.2, 0.25) is 0 Å². The second-order valence-corrected chi connectivity index (χ2v) is 5.69. The molecule has 0 aromatic heterocycles. The molecule has 20 heavy (non-hydrogen) atoms. The molecule has 1 amide bonds. The first-order chi connectivity index (χ1) is 9.69. The van der Waals surface area contributed by atoms with Crippen molar-refractivity contribution in [3.8, 4) is 0 Å². The predicted molar refractivity (Wildman–Crippen MR) is 90.9 cm³/mol. The third kappa shape index (κ3) is 4.31. The van der Waals surface area contributed by atoms with Crippen LogP contribution in [0.5, 0.6) is 0 Å². The molecular weight excluding hydrogens is 363 g/mol.